The minimum absolute atomic E-state index is 0.0378. The van der Waals surface area contributed by atoms with Gasteiger partial charge in [-0.2, -0.15) is 0 Å². The number of phenols is 1. The first-order valence-electron chi connectivity index (χ1n) is 16.8. The third-order valence-electron chi connectivity index (χ3n) is 8.76. The number of hydrogen-bond acceptors (Lipinski definition) is 9. The molecule has 0 bridgehead atoms. The molecule has 2 fully saturated rings. The fourth-order valence-electron chi connectivity index (χ4n) is 6.41. The van der Waals surface area contributed by atoms with Crippen LogP contribution in [0.3, 0.4) is 0 Å². The molecule has 2 aromatic carbocycles. The van der Waals surface area contributed by atoms with Crippen LogP contribution in [0, 0.1) is 11.8 Å². The van der Waals surface area contributed by atoms with Crippen LogP contribution >= 0.6 is 0 Å². The molecule has 1 aliphatic heterocycles. The van der Waals surface area contributed by atoms with Gasteiger partial charge in [0.15, 0.2) is 0 Å². The van der Waals surface area contributed by atoms with E-state index in [1.807, 2.05) is 51.1 Å². The molecule has 0 radical (unpaired) electrons. The standard InChI is InChI=1S/C37H50N2O9/c1-37(2,3)48-35(43)28-16-14-27(15-17-28)33(38-32(41)21-26-12-8-13-29(40)20-26)34(42)39-23-30(22-31(39)36(44)45-4)47-19-9-18-46-24-25-10-6-5-7-11-25/h5-8,10-13,20,27-28,30-31,33,40H,9,14-19,21-24H2,1-4H3,(H,38,41)/t27?,28?,30-,31+,33?/m1/s1. The Hall–Kier alpha value is -3.96. The lowest BCUT2D eigenvalue weighted by atomic mass is 9.78. The van der Waals surface area contributed by atoms with E-state index in [0.29, 0.717) is 57.5 Å². The van der Waals surface area contributed by atoms with Crippen molar-refractivity contribution in [1.29, 1.82) is 0 Å². The highest BCUT2D eigenvalue weighted by molar-refractivity contribution is 5.92. The first-order valence-corrected chi connectivity index (χ1v) is 16.8. The number of benzene rings is 2. The van der Waals surface area contributed by atoms with Crippen molar-refractivity contribution in [2.24, 2.45) is 11.8 Å². The SMILES string of the molecule is COC(=O)[C@@H]1C[C@@H](OCCCOCc2ccccc2)CN1C(=O)C(NC(=O)Cc1cccc(O)c1)C1CCC(C(=O)OC(C)(C)C)CC1. The zero-order chi connectivity index (χ0) is 34.7. The summed E-state index contributed by atoms with van der Waals surface area (Å²) >= 11 is 0. The molecule has 1 aliphatic carbocycles. The van der Waals surface area contributed by atoms with Crippen LogP contribution in [0.4, 0.5) is 0 Å². The number of nitrogens with zero attached hydrogens (tertiary/aromatic N) is 1. The van der Waals surface area contributed by atoms with Gasteiger partial charge in [-0.15, -0.1) is 0 Å². The molecule has 3 atom stereocenters. The second-order valence-corrected chi connectivity index (χ2v) is 13.7. The average molecular weight is 667 g/mol. The Labute approximate surface area is 283 Å². The van der Waals surface area contributed by atoms with E-state index in [1.165, 1.54) is 24.1 Å². The van der Waals surface area contributed by atoms with Crippen LogP contribution < -0.4 is 5.32 Å². The highest BCUT2D eigenvalue weighted by atomic mass is 16.6. The third-order valence-corrected chi connectivity index (χ3v) is 8.76. The molecule has 11 heteroatoms. The summed E-state index contributed by atoms with van der Waals surface area (Å²) in [7, 11) is 1.29. The van der Waals surface area contributed by atoms with Crippen LogP contribution in [0.15, 0.2) is 54.6 Å². The largest absolute Gasteiger partial charge is 0.508 e. The topological polar surface area (TPSA) is 141 Å². The van der Waals surface area contributed by atoms with Gasteiger partial charge in [-0.25, -0.2) is 4.79 Å². The Morgan fingerprint density at radius 2 is 1.65 bits per heavy atom. The Bertz CT molecular complexity index is 1370. The van der Waals surface area contributed by atoms with E-state index in [1.54, 1.807) is 12.1 Å². The molecule has 0 spiro atoms. The Kier molecular flexibility index (Phi) is 13.4. The number of hydrogen-bond donors (Lipinski definition) is 2. The van der Waals surface area contributed by atoms with Crippen molar-refractivity contribution in [3.05, 3.63) is 65.7 Å². The Balaban J connectivity index is 1.41. The van der Waals surface area contributed by atoms with E-state index < -0.39 is 29.8 Å². The molecule has 2 aliphatic rings. The fourth-order valence-corrected chi connectivity index (χ4v) is 6.41. The highest BCUT2D eigenvalue weighted by Gasteiger charge is 2.45. The van der Waals surface area contributed by atoms with E-state index in [-0.39, 0.29) is 54.8 Å². The molecular weight excluding hydrogens is 616 g/mol. The molecule has 2 aromatic rings. The van der Waals surface area contributed by atoms with Crippen molar-refractivity contribution < 1.29 is 43.2 Å². The number of rotatable bonds is 14. The van der Waals surface area contributed by atoms with Crippen molar-refractivity contribution >= 4 is 23.8 Å². The van der Waals surface area contributed by atoms with Crippen molar-refractivity contribution in [3.8, 4) is 5.75 Å². The second-order valence-electron chi connectivity index (χ2n) is 13.7. The number of methoxy groups -OCH3 is 1. The van der Waals surface area contributed by atoms with Crippen LogP contribution in [0.25, 0.3) is 0 Å². The highest BCUT2D eigenvalue weighted by Crippen LogP contribution is 2.34. The minimum Gasteiger partial charge on any atom is -0.508 e. The van der Waals surface area contributed by atoms with Gasteiger partial charge >= 0.3 is 11.9 Å². The normalized spacial score (nSPS) is 21.7. The zero-order valence-corrected chi connectivity index (χ0v) is 28.5. The number of amides is 2. The van der Waals surface area contributed by atoms with E-state index in [9.17, 15) is 24.3 Å². The molecular formula is C37H50N2O9. The predicted octanol–water partition coefficient (Wildman–Crippen LogP) is 4.33. The summed E-state index contributed by atoms with van der Waals surface area (Å²) in [5.74, 6) is -2.07. The molecule has 2 amide bonds. The molecule has 1 saturated carbocycles. The summed E-state index contributed by atoms with van der Waals surface area (Å²) in [6.07, 6.45) is 2.57. The second kappa shape index (κ2) is 17.4. The molecule has 262 valence electrons. The quantitative estimate of drug-likeness (QED) is 0.223. The Morgan fingerprint density at radius 3 is 2.31 bits per heavy atom. The zero-order valence-electron chi connectivity index (χ0n) is 28.5. The third kappa shape index (κ3) is 11.1. The fraction of sp³-hybridized carbons (Fsp3) is 0.568. The molecule has 1 heterocycles. The Morgan fingerprint density at radius 1 is 0.938 bits per heavy atom. The van der Waals surface area contributed by atoms with E-state index in [0.717, 1.165) is 5.56 Å². The summed E-state index contributed by atoms with van der Waals surface area (Å²) in [6, 6.07) is 14.5. The maximum absolute atomic E-state index is 14.3. The lowest BCUT2D eigenvalue weighted by molar-refractivity contribution is -0.161. The van der Waals surface area contributed by atoms with Gasteiger partial charge in [-0.05, 0) is 82.1 Å². The lowest BCUT2D eigenvalue weighted by Gasteiger charge is -2.36. The summed E-state index contributed by atoms with van der Waals surface area (Å²) in [5.41, 5.74) is 1.09. The van der Waals surface area contributed by atoms with Crippen molar-refractivity contribution in [3.63, 3.8) is 0 Å². The number of nitrogens with one attached hydrogen (secondary N) is 1. The van der Waals surface area contributed by atoms with Crippen LogP contribution in [-0.4, -0.2) is 84.4 Å². The summed E-state index contributed by atoms with van der Waals surface area (Å²) < 4.78 is 22.5. The number of carbonyl (C=O) groups is 4. The van der Waals surface area contributed by atoms with Crippen LogP contribution in [0.2, 0.25) is 0 Å². The van der Waals surface area contributed by atoms with Gasteiger partial charge < -0.3 is 34.3 Å². The van der Waals surface area contributed by atoms with Crippen LogP contribution in [0.5, 0.6) is 5.75 Å². The van der Waals surface area contributed by atoms with Gasteiger partial charge in [-0.3, -0.25) is 14.4 Å². The predicted molar refractivity (Wildman–Crippen MR) is 178 cm³/mol. The monoisotopic (exact) mass is 666 g/mol. The van der Waals surface area contributed by atoms with E-state index in [2.05, 4.69) is 5.32 Å². The lowest BCUT2D eigenvalue weighted by Crippen LogP contribution is -2.55. The van der Waals surface area contributed by atoms with E-state index >= 15 is 0 Å². The first kappa shape index (κ1) is 36.9. The van der Waals surface area contributed by atoms with Crippen molar-refractivity contribution in [1.82, 2.24) is 10.2 Å². The maximum Gasteiger partial charge on any atom is 0.328 e. The van der Waals surface area contributed by atoms with Gasteiger partial charge in [0.25, 0.3) is 0 Å². The molecule has 0 aromatic heterocycles. The summed E-state index contributed by atoms with van der Waals surface area (Å²) in [5, 5.41) is 12.8. The summed E-state index contributed by atoms with van der Waals surface area (Å²) in [6.45, 7) is 7.08. The molecule has 2 N–H and O–H groups in total. The number of carbonyl (C=O) groups excluding carboxylic acids is 4. The number of ether oxygens (including phenoxy) is 4. The van der Waals surface area contributed by atoms with Crippen molar-refractivity contribution in [2.75, 3.05) is 26.9 Å². The summed E-state index contributed by atoms with van der Waals surface area (Å²) in [4.78, 5) is 54.8. The minimum atomic E-state index is -0.924. The molecule has 1 saturated heterocycles. The van der Waals surface area contributed by atoms with Gasteiger partial charge in [0.05, 0.1) is 32.2 Å². The van der Waals surface area contributed by atoms with Gasteiger partial charge in [0, 0.05) is 26.2 Å². The number of aromatic hydroxyl groups is 1. The molecule has 1 unspecified atom stereocenters. The van der Waals surface area contributed by atoms with Crippen molar-refractivity contribution in [2.45, 2.75) is 96.1 Å². The average Bonchev–Trinajstić information content (AvgIpc) is 3.48. The smallest absolute Gasteiger partial charge is 0.328 e. The number of esters is 2. The van der Waals surface area contributed by atoms with Gasteiger partial charge in [-0.1, -0.05) is 42.5 Å². The van der Waals surface area contributed by atoms with E-state index in [4.69, 9.17) is 18.9 Å². The number of phenolic OH excluding ortho intramolecular Hbond substituents is 1. The van der Waals surface area contributed by atoms with Gasteiger partial charge in [0.1, 0.15) is 23.4 Å². The van der Waals surface area contributed by atoms with Gasteiger partial charge in [0.2, 0.25) is 11.8 Å². The van der Waals surface area contributed by atoms with Crippen LogP contribution in [0.1, 0.15) is 70.4 Å². The molecule has 48 heavy (non-hydrogen) atoms. The molecule has 11 nitrogen and oxygen atoms in total. The number of likely N-dealkylation sites (tertiary alicyclic amines) is 1. The maximum atomic E-state index is 14.3. The first-order chi connectivity index (χ1) is 22.9. The molecule has 4 rings (SSSR count). The van der Waals surface area contributed by atoms with Crippen LogP contribution in [-0.2, 0) is 51.2 Å².